The highest BCUT2D eigenvalue weighted by Gasteiger charge is 2.08. The molecule has 0 aliphatic rings. The van der Waals surface area contributed by atoms with Gasteiger partial charge in [-0.2, -0.15) is 0 Å². The highest BCUT2D eigenvalue weighted by Crippen LogP contribution is 2.13. The molecule has 0 spiro atoms. The molecular formula is C17H34O2. The summed E-state index contributed by atoms with van der Waals surface area (Å²) in [6.07, 6.45) is 13.8. The number of carbonyl (C=O) groups excluding carboxylic acids is 1. The second-order valence-corrected chi connectivity index (χ2v) is 5.94. The summed E-state index contributed by atoms with van der Waals surface area (Å²) in [7, 11) is 0. The fourth-order valence-corrected chi connectivity index (χ4v) is 2.45. The Balaban J connectivity index is 3.23. The van der Waals surface area contributed by atoms with Crippen LogP contribution in [-0.4, -0.2) is 17.5 Å². The number of Topliss-reactive ketones (excluding diaryl/α,β-unsaturated/α-hetero) is 1. The minimum atomic E-state index is 0.201. The fourth-order valence-electron chi connectivity index (χ4n) is 2.45. The third kappa shape index (κ3) is 13.9. The van der Waals surface area contributed by atoms with Gasteiger partial charge < -0.3 is 5.11 Å². The molecule has 0 radical (unpaired) electrons. The molecule has 1 N–H and O–H groups in total. The van der Waals surface area contributed by atoms with Crippen molar-refractivity contribution in [1.82, 2.24) is 0 Å². The Kier molecular flexibility index (Phi) is 13.8. The van der Waals surface area contributed by atoms with Gasteiger partial charge >= 0.3 is 0 Å². The van der Waals surface area contributed by atoms with Gasteiger partial charge in [0.05, 0.1) is 0 Å². The van der Waals surface area contributed by atoms with Crippen molar-refractivity contribution in [2.45, 2.75) is 90.9 Å². The zero-order valence-electron chi connectivity index (χ0n) is 13.1. The summed E-state index contributed by atoms with van der Waals surface area (Å²) in [6, 6.07) is 0. The quantitative estimate of drug-likeness (QED) is 0.456. The van der Waals surface area contributed by atoms with Gasteiger partial charge in [-0.15, -0.1) is 0 Å². The Morgan fingerprint density at radius 2 is 1.47 bits per heavy atom. The molecule has 0 aliphatic carbocycles. The van der Waals surface area contributed by atoms with Crippen LogP contribution in [0, 0.1) is 5.92 Å². The molecule has 0 rings (SSSR count). The fraction of sp³-hybridized carbons (Fsp3) is 0.941. The highest BCUT2D eigenvalue weighted by molar-refractivity contribution is 5.78. The van der Waals surface area contributed by atoms with E-state index in [0.29, 0.717) is 18.1 Å². The second-order valence-electron chi connectivity index (χ2n) is 5.94. The molecule has 1 atom stereocenters. The Morgan fingerprint density at radius 3 is 2.00 bits per heavy atom. The molecule has 0 aromatic heterocycles. The first-order valence-electron chi connectivity index (χ1n) is 8.33. The number of ketones is 1. The molecule has 0 aliphatic heterocycles. The molecule has 114 valence electrons. The van der Waals surface area contributed by atoms with Crippen LogP contribution in [0.15, 0.2) is 0 Å². The summed E-state index contributed by atoms with van der Waals surface area (Å²) in [5.41, 5.74) is 0. The van der Waals surface area contributed by atoms with Gasteiger partial charge in [-0.05, 0) is 18.8 Å². The van der Waals surface area contributed by atoms with Crippen molar-refractivity contribution in [3.05, 3.63) is 0 Å². The van der Waals surface area contributed by atoms with Crippen LogP contribution in [0.2, 0.25) is 0 Å². The molecule has 2 nitrogen and oxygen atoms in total. The van der Waals surface area contributed by atoms with Crippen molar-refractivity contribution in [1.29, 1.82) is 0 Å². The molecule has 0 heterocycles. The lowest BCUT2D eigenvalue weighted by atomic mass is 9.98. The molecule has 0 bridgehead atoms. The molecule has 0 fully saturated rings. The van der Waals surface area contributed by atoms with E-state index in [1.54, 1.807) is 0 Å². The van der Waals surface area contributed by atoms with Crippen molar-refractivity contribution < 1.29 is 9.90 Å². The molecule has 0 aromatic carbocycles. The molecule has 0 amide bonds. The first kappa shape index (κ1) is 18.6. The average molecular weight is 270 g/mol. The second kappa shape index (κ2) is 14.0. The standard InChI is InChI=1S/C17H34O2/c1-3-4-5-6-7-8-9-10-11-12-17(19)15-16(2)13-14-18/h16,18H,3-15H2,1-2H3. The minimum absolute atomic E-state index is 0.201. The Hall–Kier alpha value is -0.370. The lowest BCUT2D eigenvalue weighted by Crippen LogP contribution is -2.06. The van der Waals surface area contributed by atoms with Gasteiger partial charge in [0.2, 0.25) is 0 Å². The molecular weight excluding hydrogens is 236 g/mol. The van der Waals surface area contributed by atoms with Gasteiger partial charge in [0.15, 0.2) is 0 Å². The van der Waals surface area contributed by atoms with Gasteiger partial charge in [0.25, 0.3) is 0 Å². The summed E-state index contributed by atoms with van der Waals surface area (Å²) in [4.78, 5) is 11.7. The number of carbonyl (C=O) groups is 1. The number of aliphatic hydroxyl groups excluding tert-OH is 1. The summed E-state index contributed by atoms with van der Waals surface area (Å²) in [6.45, 7) is 4.50. The zero-order valence-corrected chi connectivity index (χ0v) is 13.1. The predicted octanol–water partition coefficient (Wildman–Crippen LogP) is 4.89. The van der Waals surface area contributed by atoms with Gasteiger partial charge in [-0.3, -0.25) is 4.79 Å². The Labute approximate surface area is 120 Å². The van der Waals surface area contributed by atoms with E-state index in [9.17, 15) is 4.79 Å². The summed E-state index contributed by atoms with van der Waals surface area (Å²) >= 11 is 0. The van der Waals surface area contributed by atoms with Crippen LogP contribution in [-0.2, 0) is 4.79 Å². The van der Waals surface area contributed by atoms with E-state index in [2.05, 4.69) is 6.92 Å². The van der Waals surface area contributed by atoms with Crippen molar-refractivity contribution >= 4 is 5.78 Å². The Bertz CT molecular complexity index is 201. The lowest BCUT2D eigenvalue weighted by molar-refractivity contribution is -0.120. The van der Waals surface area contributed by atoms with E-state index in [1.165, 1.54) is 51.4 Å². The topological polar surface area (TPSA) is 37.3 Å². The van der Waals surface area contributed by atoms with Crippen molar-refractivity contribution in [2.24, 2.45) is 5.92 Å². The van der Waals surface area contributed by atoms with Crippen LogP contribution in [0.25, 0.3) is 0 Å². The predicted molar refractivity (Wildman–Crippen MR) is 82.3 cm³/mol. The summed E-state index contributed by atoms with van der Waals surface area (Å²) in [5.74, 6) is 0.722. The third-order valence-corrected chi connectivity index (χ3v) is 3.76. The molecule has 1 unspecified atom stereocenters. The first-order chi connectivity index (χ1) is 9.20. The van der Waals surface area contributed by atoms with E-state index < -0.39 is 0 Å². The largest absolute Gasteiger partial charge is 0.396 e. The maximum absolute atomic E-state index is 11.7. The lowest BCUT2D eigenvalue weighted by Gasteiger charge is -2.08. The van der Waals surface area contributed by atoms with E-state index in [4.69, 9.17) is 5.11 Å². The third-order valence-electron chi connectivity index (χ3n) is 3.76. The normalized spacial score (nSPS) is 12.6. The maximum atomic E-state index is 11.7. The van der Waals surface area contributed by atoms with Gasteiger partial charge in [0.1, 0.15) is 5.78 Å². The maximum Gasteiger partial charge on any atom is 0.133 e. The number of hydrogen-bond donors (Lipinski definition) is 1. The van der Waals surface area contributed by atoms with Crippen LogP contribution in [0.5, 0.6) is 0 Å². The molecule has 0 saturated heterocycles. The van der Waals surface area contributed by atoms with E-state index in [1.807, 2.05) is 6.92 Å². The van der Waals surface area contributed by atoms with Crippen LogP contribution < -0.4 is 0 Å². The van der Waals surface area contributed by atoms with Crippen molar-refractivity contribution in [2.75, 3.05) is 6.61 Å². The van der Waals surface area contributed by atoms with Crippen molar-refractivity contribution in [3.63, 3.8) is 0 Å². The average Bonchev–Trinajstić information content (AvgIpc) is 2.37. The SMILES string of the molecule is CCCCCCCCCCCC(=O)CC(C)CCO. The van der Waals surface area contributed by atoms with E-state index >= 15 is 0 Å². The van der Waals surface area contributed by atoms with Crippen LogP contribution in [0.4, 0.5) is 0 Å². The van der Waals surface area contributed by atoms with E-state index in [-0.39, 0.29) is 6.61 Å². The first-order valence-corrected chi connectivity index (χ1v) is 8.33. The smallest absolute Gasteiger partial charge is 0.133 e. The number of hydrogen-bond acceptors (Lipinski definition) is 2. The van der Waals surface area contributed by atoms with Crippen molar-refractivity contribution in [3.8, 4) is 0 Å². The van der Waals surface area contributed by atoms with Crippen LogP contribution >= 0.6 is 0 Å². The molecule has 0 aromatic rings. The number of aliphatic hydroxyl groups is 1. The molecule has 2 heteroatoms. The molecule has 19 heavy (non-hydrogen) atoms. The van der Waals surface area contributed by atoms with Crippen LogP contribution in [0.3, 0.4) is 0 Å². The van der Waals surface area contributed by atoms with E-state index in [0.717, 1.165) is 19.3 Å². The zero-order chi connectivity index (χ0) is 14.3. The monoisotopic (exact) mass is 270 g/mol. The molecule has 0 saturated carbocycles. The summed E-state index contributed by atoms with van der Waals surface area (Å²) in [5, 5.41) is 8.79. The van der Waals surface area contributed by atoms with Gasteiger partial charge in [-0.1, -0.05) is 65.2 Å². The number of unbranched alkanes of at least 4 members (excludes halogenated alkanes) is 8. The summed E-state index contributed by atoms with van der Waals surface area (Å²) < 4.78 is 0. The van der Waals surface area contributed by atoms with Gasteiger partial charge in [0, 0.05) is 19.4 Å². The van der Waals surface area contributed by atoms with Crippen LogP contribution in [0.1, 0.15) is 90.9 Å². The van der Waals surface area contributed by atoms with Gasteiger partial charge in [-0.25, -0.2) is 0 Å². The number of rotatable bonds is 14. The highest BCUT2D eigenvalue weighted by atomic mass is 16.3. The minimum Gasteiger partial charge on any atom is -0.396 e. The Morgan fingerprint density at radius 1 is 0.947 bits per heavy atom.